The summed E-state index contributed by atoms with van der Waals surface area (Å²) in [5.74, 6) is -1.12. The highest BCUT2D eigenvalue weighted by molar-refractivity contribution is 5.85. The molecule has 1 aliphatic rings. The minimum absolute atomic E-state index is 0.0203. The van der Waals surface area contributed by atoms with Crippen molar-refractivity contribution in [3.05, 3.63) is 59.7 Å². The van der Waals surface area contributed by atoms with Gasteiger partial charge in [0.05, 0.1) is 11.8 Å². The fraction of sp³-hybridized carbons (Fsp3) is 0.125. The van der Waals surface area contributed by atoms with Crippen LogP contribution in [0.4, 0.5) is 8.78 Å². The van der Waals surface area contributed by atoms with Crippen molar-refractivity contribution in [3.63, 3.8) is 0 Å². The Bertz CT molecular complexity index is 744. The highest BCUT2D eigenvalue weighted by Crippen LogP contribution is 2.30. The van der Waals surface area contributed by atoms with Gasteiger partial charge < -0.3 is 9.47 Å². The Kier molecular flexibility index (Phi) is 4.18. The van der Waals surface area contributed by atoms with E-state index < -0.39 is 23.6 Å². The molecule has 0 unspecified atom stereocenters. The molecule has 0 aliphatic carbocycles. The summed E-state index contributed by atoms with van der Waals surface area (Å²) in [6.45, 7) is 0.0203. The van der Waals surface area contributed by atoms with E-state index in [1.807, 2.05) is 0 Å². The van der Waals surface area contributed by atoms with E-state index >= 15 is 0 Å². The second kappa shape index (κ2) is 6.43. The molecule has 2 aromatic rings. The average Bonchev–Trinajstić information content (AvgIpc) is 2.57. The van der Waals surface area contributed by atoms with E-state index in [2.05, 4.69) is 10.5 Å². The van der Waals surface area contributed by atoms with Gasteiger partial charge in [-0.1, -0.05) is 18.2 Å². The van der Waals surface area contributed by atoms with Crippen molar-refractivity contribution >= 4 is 12.1 Å². The molecular formula is C16H12F2N2O3. The summed E-state index contributed by atoms with van der Waals surface area (Å²) in [6.07, 6.45) is 0.00716. The first kappa shape index (κ1) is 15.0. The maximum atomic E-state index is 13.4. The Balaban J connectivity index is 1.63. The number of amides is 1. The van der Waals surface area contributed by atoms with Gasteiger partial charge in [-0.15, -0.1) is 0 Å². The summed E-state index contributed by atoms with van der Waals surface area (Å²) in [6, 6.07) is 10.4. The lowest BCUT2D eigenvalue weighted by atomic mass is 10.2. The van der Waals surface area contributed by atoms with Gasteiger partial charge in [0.1, 0.15) is 18.2 Å². The zero-order valence-electron chi connectivity index (χ0n) is 11.8. The molecule has 0 saturated carbocycles. The number of hydrazone groups is 1. The topological polar surface area (TPSA) is 59.9 Å². The number of halogens is 2. The number of nitrogens with zero attached hydrogens (tertiary/aromatic N) is 1. The van der Waals surface area contributed by atoms with Crippen molar-refractivity contribution in [1.29, 1.82) is 0 Å². The number of nitrogens with one attached hydrogen (secondary N) is 1. The molecule has 23 heavy (non-hydrogen) atoms. The van der Waals surface area contributed by atoms with Gasteiger partial charge in [-0.3, -0.25) is 4.79 Å². The highest BCUT2D eigenvalue weighted by atomic mass is 19.1. The molecule has 7 heteroatoms. The maximum absolute atomic E-state index is 13.4. The van der Waals surface area contributed by atoms with E-state index in [0.29, 0.717) is 11.5 Å². The van der Waals surface area contributed by atoms with Gasteiger partial charge in [0.2, 0.25) is 6.10 Å². The third-order valence-corrected chi connectivity index (χ3v) is 3.17. The van der Waals surface area contributed by atoms with E-state index in [1.54, 1.807) is 24.3 Å². The average molecular weight is 318 g/mol. The van der Waals surface area contributed by atoms with Crippen LogP contribution in [-0.2, 0) is 4.79 Å². The van der Waals surface area contributed by atoms with Crippen molar-refractivity contribution < 1.29 is 23.0 Å². The van der Waals surface area contributed by atoms with Gasteiger partial charge in [0.15, 0.2) is 11.5 Å². The monoisotopic (exact) mass is 318 g/mol. The fourth-order valence-electron chi connectivity index (χ4n) is 2.02. The van der Waals surface area contributed by atoms with Gasteiger partial charge in [-0.25, -0.2) is 14.2 Å². The Labute approximate surface area is 130 Å². The molecule has 0 aromatic heterocycles. The van der Waals surface area contributed by atoms with Crippen LogP contribution < -0.4 is 14.9 Å². The smallest absolute Gasteiger partial charge is 0.284 e. The predicted octanol–water partition coefficient (Wildman–Crippen LogP) is 2.25. The van der Waals surface area contributed by atoms with Crippen LogP contribution in [0.1, 0.15) is 5.56 Å². The van der Waals surface area contributed by atoms with Crippen LogP contribution in [0.2, 0.25) is 0 Å². The van der Waals surface area contributed by atoms with E-state index in [-0.39, 0.29) is 12.2 Å². The van der Waals surface area contributed by atoms with E-state index in [9.17, 15) is 13.6 Å². The largest absolute Gasteiger partial charge is 0.485 e. The lowest BCUT2D eigenvalue weighted by Gasteiger charge is -2.24. The van der Waals surface area contributed by atoms with Gasteiger partial charge in [0.25, 0.3) is 5.91 Å². The number of ether oxygens (including phenoxy) is 2. The fourth-order valence-corrected chi connectivity index (χ4v) is 2.02. The first-order valence-corrected chi connectivity index (χ1v) is 6.80. The molecule has 1 atom stereocenters. The third kappa shape index (κ3) is 3.28. The van der Waals surface area contributed by atoms with Crippen molar-refractivity contribution in [2.75, 3.05) is 6.61 Å². The molecule has 0 saturated heterocycles. The molecule has 0 spiro atoms. The molecule has 1 heterocycles. The van der Waals surface area contributed by atoms with E-state index in [4.69, 9.17) is 9.47 Å². The lowest BCUT2D eigenvalue weighted by Crippen LogP contribution is -2.42. The number of rotatable bonds is 3. The highest BCUT2D eigenvalue weighted by Gasteiger charge is 2.27. The Hall–Kier alpha value is -2.96. The van der Waals surface area contributed by atoms with Crippen molar-refractivity contribution in [3.8, 4) is 11.5 Å². The van der Waals surface area contributed by atoms with E-state index in [0.717, 1.165) is 18.3 Å². The van der Waals surface area contributed by atoms with E-state index in [1.165, 1.54) is 6.07 Å². The number of fused-ring (bicyclic) bond motifs is 1. The molecule has 0 radical (unpaired) electrons. The van der Waals surface area contributed by atoms with Crippen LogP contribution in [0.5, 0.6) is 11.5 Å². The number of hydrogen-bond donors (Lipinski definition) is 1. The van der Waals surface area contributed by atoms with Gasteiger partial charge in [-0.2, -0.15) is 5.10 Å². The van der Waals surface area contributed by atoms with Crippen molar-refractivity contribution in [1.82, 2.24) is 5.43 Å². The van der Waals surface area contributed by atoms with Crippen LogP contribution in [0.25, 0.3) is 0 Å². The summed E-state index contributed by atoms with van der Waals surface area (Å²) in [5, 5.41) is 3.55. The van der Waals surface area contributed by atoms with Crippen LogP contribution >= 0.6 is 0 Å². The number of para-hydroxylation sites is 2. The van der Waals surface area contributed by atoms with Crippen LogP contribution in [-0.4, -0.2) is 24.8 Å². The summed E-state index contributed by atoms with van der Waals surface area (Å²) in [7, 11) is 0. The minimum atomic E-state index is -0.896. The summed E-state index contributed by atoms with van der Waals surface area (Å²) < 4.78 is 37.7. The molecule has 5 nitrogen and oxygen atoms in total. The molecule has 0 fully saturated rings. The normalized spacial score (nSPS) is 16.3. The number of carbonyl (C=O) groups is 1. The first-order valence-electron chi connectivity index (χ1n) is 6.80. The lowest BCUT2D eigenvalue weighted by molar-refractivity contribution is -0.130. The molecular weight excluding hydrogens is 306 g/mol. The SMILES string of the molecule is O=C(N/N=C\c1c(F)cccc1F)[C@H]1COc2ccccc2O1. The molecule has 3 rings (SSSR count). The van der Waals surface area contributed by atoms with Crippen molar-refractivity contribution in [2.24, 2.45) is 5.10 Å². The maximum Gasteiger partial charge on any atom is 0.284 e. The van der Waals surface area contributed by atoms with Gasteiger partial charge in [-0.05, 0) is 24.3 Å². The number of benzene rings is 2. The Morgan fingerprint density at radius 3 is 2.57 bits per heavy atom. The predicted molar refractivity (Wildman–Crippen MR) is 78.4 cm³/mol. The van der Waals surface area contributed by atoms with Gasteiger partial charge >= 0.3 is 0 Å². The summed E-state index contributed by atoms with van der Waals surface area (Å²) in [4.78, 5) is 12.0. The quantitative estimate of drug-likeness (QED) is 0.697. The van der Waals surface area contributed by atoms with Crippen LogP contribution in [0, 0.1) is 11.6 Å². The van der Waals surface area contributed by atoms with Gasteiger partial charge in [0, 0.05) is 0 Å². The number of carbonyl (C=O) groups excluding carboxylic acids is 1. The second-order valence-electron chi connectivity index (χ2n) is 4.73. The second-order valence-corrected chi connectivity index (χ2v) is 4.73. The van der Waals surface area contributed by atoms with Crippen molar-refractivity contribution in [2.45, 2.75) is 6.10 Å². The Morgan fingerprint density at radius 2 is 1.83 bits per heavy atom. The molecule has 2 aromatic carbocycles. The molecule has 0 bridgehead atoms. The number of hydrogen-bond acceptors (Lipinski definition) is 4. The van der Waals surface area contributed by atoms with Crippen LogP contribution in [0.3, 0.4) is 0 Å². The minimum Gasteiger partial charge on any atom is -0.485 e. The Morgan fingerprint density at radius 1 is 1.13 bits per heavy atom. The summed E-state index contributed by atoms with van der Waals surface area (Å²) >= 11 is 0. The first-order chi connectivity index (χ1) is 11.1. The molecule has 1 aliphatic heterocycles. The summed E-state index contributed by atoms with van der Waals surface area (Å²) in [5.41, 5.74) is 1.84. The van der Waals surface area contributed by atoms with Crippen LogP contribution in [0.15, 0.2) is 47.6 Å². The zero-order chi connectivity index (χ0) is 16.2. The standard InChI is InChI=1S/C16H12F2N2O3/c17-11-4-3-5-12(18)10(11)8-19-20-16(21)15-9-22-13-6-1-2-7-14(13)23-15/h1-8,15H,9H2,(H,20,21)/b19-8-/t15-/m1/s1. The molecule has 1 amide bonds. The third-order valence-electron chi connectivity index (χ3n) is 3.17. The zero-order valence-corrected chi connectivity index (χ0v) is 11.8. The molecule has 118 valence electrons. The molecule has 1 N–H and O–H groups in total.